The number of hydrogen-bond acceptors (Lipinski definition) is 7. The molecule has 1 saturated heterocycles. The van der Waals surface area contributed by atoms with E-state index in [1.807, 2.05) is 6.92 Å². The van der Waals surface area contributed by atoms with Gasteiger partial charge in [0.1, 0.15) is 0 Å². The van der Waals surface area contributed by atoms with Crippen molar-refractivity contribution in [1.29, 1.82) is 0 Å². The maximum Gasteiger partial charge on any atom is 0.227 e. The van der Waals surface area contributed by atoms with E-state index in [4.69, 9.17) is 4.52 Å². The van der Waals surface area contributed by atoms with Crippen LogP contribution in [0.1, 0.15) is 38.5 Å². The van der Waals surface area contributed by atoms with Crippen LogP contribution in [-0.2, 0) is 11.2 Å². The number of likely N-dealkylation sites (tertiary alicyclic amines) is 1. The van der Waals surface area contributed by atoms with E-state index in [0.717, 1.165) is 18.4 Å². The van der Waals surface area contributed by atoms with E-state index in [0.29, 0.717) is 31.1 Å². The number of aromatic nitrogens is 3. The van der Waals surface area contributed by atoms with Crippen LogP contribution in [0.15, 0.2) is 29.0 Å². The summed E-state index contributed by atoms with van der Waals surface area (Å²) in [5.41, 5.74) is 0.319. The highest BCUT2D eigenvalue weighted by Gasteiger charge is 2.42. The van der Waals surface area contributed by atoms with E-state index in [1.165, 1.54) is 0 Å². The number of rotatable bonds is 7. The molecule has 8 nitrogen and oxygen atoms in total. The Morgan fingerprint density at radius 2 is 2.19 bits per heavy atom. The van der Waals surface area contributed by atoms with Crippen LogP contribution in [-0.4, -0.2) is 61.9 Å². The van der Waals surface area contributed by atoms with Crippen LogP contribution in [0.5, 0.6) is 0 Å². The lowest BCUT2D eigenvalue weighted by molar-refractivity contribution is -0.142. The lowest BCUT2D eigenvalue weighted by Gasteiger charge is -2.44. The molecule has 0 spiro atoms. The van der Waals surface area contributed by atoms with Crippen LogP contribution >= 0.6 is 0 Å². The molecule has 0 bridgehead atoms. The van der Waals surface area contributed by atoms with E-state index in [9.17, 15) is 15.0 Å². The van der Waals surface area contributed by atoms with E-state index < -0.39 is 11.5 Å². The van der Waals surface area contributed by atoms with Gasteiger partial charge in [-0.05, 0) is 25.0 Å². The molecule has 0 unspecified atom stereocenters. The molecule has 2 aromatic rings. The van der Waals surface area contributed by atoms with Gasteiger partial charge in [-0.3, -0.25) is 9.78 Å². The normalized spacial score (nSPS) is 22.8. The van der Waals surface area contributed by atoms with Gasteiger partial charge in [-0.25, -0.2) is 0 Å². The zero-order valence-corrected chi connectivity index (χ0v) is 15.5. The predicted octanol–water partition coefficient (Wildman–Crippen LogP) is 1.44. The Kier molecular flexibility index (Phi) is 6.18. The molecule has 8 heteroatoms. The van der Waals surface area contributed by atoms with Crippen LogP contribution in [0.3, 0.4) is 0 Å². The topological polar surface area (TPSA) is 113 Å². The molecule has 3 heterocycles. The molecule has 0 aromatic carbocycles. The number of aliphatic hydroxyl groups is 2. The fourth-order valence-corrected chi connectivity index (χ4v) is 3.64. The third-order valence-electron chi connectivity index (χ3n) is 5.35. The Bertz CT molecular complexity index is 751. The van der Waals surface area contributed by atoms with Gasteiger partial charge in [0, 0.05) is 49.3 Å². The summed E-state index contributed by atoms with van der Waals surface area (Å²) in [6.07, 6.45) is 5.45. The van der Waals surface area contributed by atoms with E-state index in [2.05, 4.69) is 15.1 Å². The Morgan fingerprint density at radius 1 is 1.41 bits per heavy atom. The largest absolute Gasteiger partial charge is 0.396 e. The minimum absolute atomic E-state index is 0.0518. The Hall–Kier alpha value is -2.32. The molecule has 3 rings (SSSR count). The number of carbonyl (C=O) groups excluding carboxylic acids is 1. The minimum Gasteiger partial charge on any atom is -0.396 e. The standard InChI is InChI=1S/C19H26N4O4/c1-2-7-19(13-24)8-11-23(12-15(19)25)17(26)4-3-16-21-18(22-27-16)14-5-9-20-10-6-14/h5-6,9-10,15,24-25H,2-4,7-8,11-13H2,1H3/t15-,19-/m1/s1. The second kappa shape index (κ2) is 8.58. The van der Waals surface area contributed by atoms with Gasteiger partial charge in [-0.2, -0.15) is 4.98 Å². The van der Waals surface area contributed by atoms with Crippen molar-refractivity contribution in [2.75, 3.05) is 19.7 Å². The van der Waals surface area contributed by atoms with E-state index in [1.54, 1.807) is 29.4 Å². The Morgan fingerprint density at radius 3 is 2.85 bits per heavy atom. The summed E-state index contributed by atoms with van der Waals surface area (Å²) in [6, 6.07) is 3.58. The number of aliphatic hydroxyl groups excluding tert-OH is 2. The van der Waals surface area contributed by atoms with Crippen molar-refractivity contribution in [1.82, 2.24) is 20.0 Å². The first-order valence-electron chi connectivity index (χ1n) is 9.37. The van der Waals surface area contributed by atoms with Gasteiger partial charge in [-0.15, -0.1) is 0 Å². The van der Waals surface area contributed by atoms with Crippen molar-refractivity contribution in [2.45, 2.75) is 45.1 Å². The second-order valence-corrected chi connectivity index (χ2v) is 7.12. The summed E-state index contributed by atoms with van der Waals surface area (Å²) in [7, 11) is 0. The molecule has 1 aliphatic heterocycles. The first-order valence-corrected chi connectivity index (χ1v) is 9.37. The molecule has 1 aliphatic rings. The lowest BCUT2D eigenvalue weighted by Crippen LogP contribution is -2.54. The minimum atomic E-state index is -0.707. The summed E-state index contributed by atoms with van der Waals surface area (Å²) in [4.78, 5) is 22.4. The molecule has 1 amide bonds. The van der Waals surface area contributed by atoms with Crippen molar-refractivity contribution in [3.05, 3.63) is 30.4 Å². The molecule has 0 radical (unpaired) electrons. The number of piperidine rings is 1. The third kappa shape index (κ3) is 4.33. The zero-order chi connectivity index (χ0) is 19.3. The van der Waals surface area contributed by atoms with Gasteiger partial charge in [0.15, 0.2) is 0 Å². The number of carbonyl (C=O) groups is 1. The van der Waals surface area contributed by atoms with Crippen molar-refractivity contribution >= 4 is 5.91 Å². The van der Waals surface area contributed by atoms with Gasteiger partial charge < -0.3 is 19.6 Å². The first-order chi connectivity index (χ1) is 13.1. The van der Waals surface area contributed by atoms with E-state index in [-0.39, 0.29) is 25.5 Å². The monoisotopic (exact) mass is 374 g/mol. The quantitative estimate of drug-likeness (QED) is 0.754. The highest BCUT2D eigenvalue weighted by Crippen LogP contribution is 2.36. The number of pyridine rings is 1. The number of aryl methyl sites for hydroxylation is 1. The Balaban J connectivity index is 1.54. The van der Waals surface area contributed by atoms with Gasteiger partial charge >= 0.3 is 0 Å². The summed E-state index contributed by atoms with van der Waals surface area (Å²) >= 11 is 0. The van der Waals surface area contributed by atoms with E-state index >= 15 is 0 Å². The zero-order valence-electron chi connectivity index (χ0n) is 15.5. The summed E-state index contributed by atoms with van der Waals surface area (Å²) in [6.45, 7) is 2.78. The van der Waals surface area contributed by atoms with Gasteiger partial charge in [0.2, 0.25) is 17.6 Å². The molecular formula is C19H26N4O4. The van der Waals surface area contributed by atoms with Crippen LogP contribution < -0.4 is 0 Å². The van der Waals surface area contributed by atoms with Gasteiger partial charge in [0.25, 0.3) is 0 Å². The molecule has 27 heavy (non-hydrogen) atoms. The van der Waals surface area contributed by atoms with Crippen molar-refractivity contribution in [3.63, 3.8) is 0 Å². The fraction of sp³-hybridized carbons (Fsp3) is 0.579. The molecule has 2 aromatic heterocycles. The fourth-order valence-electron chi connectivity index (χ4n) is 3.64. The number of nitrogens with zero attached hydrogens (tertiary/aromatic N) is 4. The molecule has 0 saturated carbocycles. The highest BCUT2D eigenvalue weighted by atomic mass is 16.5. The smallest absolute Gasteiger partial charge is 0.227 e. The average Bonchev–Trinajstić information content (AvgIpc) is 3.17. The third-order valence-corrected chi connectivity index (χ3v) is 5.35. The van der Waals surface area contributed by atoms with Crippen LogP contribution in [0.2, 0.25) is 0 Å². The SMILES string of the molecule is CCC[C@]1(CO)CCN(C(=O)CCc2nc(-c3ccncc3)no2)C[C@H]1O. The summed E-state index contributed by atoms with van der Waals surface area (Å²) in [5.74, 6) is 0.824. The van der Waals surface area contributed by atoms with Crippen LogP contribution in [0.4, 0.5) is 0 Å². The molecule has 1 fully saturated rings. The van der Waals surface area contributed by atoms with Crippen molar-refractivity contribution < 1.29 is 19.5 Å². The summed E-state index contributed by atoms with van der Waals surface area (Å²) in [5, 5.41) is 24.1. The number of β-amino-alcohol motifs (C(OH)–C–C–N with tert-alkyl or cyclic N) is 1. The maximum atomic E-state index is 12.5. The number of amides is 1. The highest BCUT2D eigenvalue weighted by molar-refractivity contribution is 5.76. The first kappa shape index (κ1) is 19.4. The van der Waals surface area contributed by atoms with Crippen LogP contribution in [0, 0.1) is 5.41 Å². The lowest BCUT2D eigenvalue weighted by atomic mass is 9.73. The van der Waals surface area contributed by atoms with Gasteiger partial charge in [0.05, 0.1) is 12.7 Å². The maximum absolute atomic E-state index is 12.5. The van der Waals surface area contributed by atoms with Crippen molar-refractivity contribution in [2.24, 2.45) is 5.41 Å². The molecular weight excluding hydrogens is 348 g/mol. The summed E-state index contributed by atoms with van der Waals surface area (Å²) < 4.78 is 5.23. The molecule has 146 valence electrons. The predicted molar refractivity (Wildman–Crippen MR) is 97.5 cm³/mol. The van der Waals surface area contributed by atoms with Crippen molar-refractivity contribution in [3.8, 4) is 11.4 Å². The average molecular weight is 374 g/mol. The Labute approximate surface area is 158 Å². The molecule has 2 atom stereocenters. The molecule has 2 N–H and O–H groups in total. The second-order valence-electron chi connectivity index (χ2n) is 7.12. The molecule has 0 aliphatic carbocycles. The van der Waals surface area contributed by atoms with Crippen LogP contribution in [0.25, 0.3) is 11.4 Å². The van der Waals surface area contributed by atoms with Gasteiger partial charge in [-0.1, -0.05) is 18.5 Å². The number of hydrogen-bond donors (Lipinski definition) is 2.